The van der Waals surface area contributed by atoms with E-state index in [1.165, 1.54) is 0 Å². The lowest BCUT2D eigenvalue weighted by molar-refractivity contribution is 0.0951. The molecule has 5 rings (SSSR count). The molecule has 4 aromatic rings. The van der Waals surface area contributed by atoms with Gasteiger partial charge in [0.05, 0.1) is 24.5 Å². The summed E-state index contributed by atoms with van der Waals surface area (Å²) in [6.07, 6.45) is 3.56. The largest absolute Gasteiger partial charge is 0.378 e. The van der Waals surface area contributed by atoms with E-state index in [0.717, 1.165) is 35.7 Å². The number of hydrogen-bond acceptors (Lipinski definition) is 5. The van der Waals surface area contributed by atoms with Gasteiger partial charge in [-0.25, -0.2) is 9.67 Å². The van der Waals surface area contributed by atoms with Gasteiger partial charge in [-0.05, 0) is 35.9 Å². The van der Waals surface area contributed by atoms with Crippen molar-refractivity contribution in [3.8, 4) is 16.9 Å². The molecule has 1 N–H and O–H groups in total. The molecule has 1 amide bonds. The maximum absolute atomic E-state index is 13.2. The van der Waals surface area contributed by atoms with Crippen LogP contribution in [0.25, 0.3) is 16.9 Å². The zero-order valence-corrected chi connectivity index (χ0v) is 19.3. The van der Waals surface area contributed by atoms with E-state index >= 15 is 0 Å². The number of anilines is 1. The van der Waals surface area contributed by atoms with Gasteiger partial charge in [-0.2, -0.15) is 5.10 Å². The molecular formula is C26H24ClN5O2. The Balaban J connectivity index is 1.35. The van der Waals surface area contributed by atoms with Crippen LogP contribution >= 0.6 is 11.6 Å². The second-order valence-electron chi connectivity index (χ2n) is 7.99. The maximum Gasteiger partial charge on any atom is 0.255 e. The number of ether oxygens (including phenoxy) is 1. The van der Waals surface area contributed by atoms with Crippen LogP contribution in [0.2, 0.25) is 5.02 Å². The fourth-order valence-corrected chi connectivity index (χ4v) is 3.98. The average Bonchev–Trinajstić information content (AvgIpc) is 3.35. The fourth-order valence-electron chi connectivity index (χ4n) is 3.85. The van der Waals surface area contributed by atoms with Crippen LogP contribution in [0.3, 0.4) is 0 Å². The predicted molar refractivity (Wildman–Crippen MR) is 132 cm³/mol. The van der Waals surface area contributed by atoms with Crippen LogP contribution in [-0.2, 0) is 11.3 Å². The number of nitrogens with one attached hydrogen (secondary N) is 1. The quantitative estimate of drug-likeness (QED) is 0.450. The standard InChI is InChI=1S/C26H24ClN5O2/c27-21-9-7-20(8-10-21)25-23(18-32(30-25)22-4-2-1-3-5-22)26(33)29-17-19-6-11-24(28-16-19)31-12-14-34-15-13-31/h1-11,16,18H,12-15,17H2,(H,29,33). The molecule has 1 aliphatic rings. The molecule has 7 nitrogen and oxygen atoms in total. The Hall–Kier alpha value is -3.68. The second kappa shape index (κ2) is 10.1. The molecule has 172 valence electrons. The molecule has 8 heteroatoms. The summed E-state index contributed by atoms with van der Waals surface area (Å²) < 4.78 is 7.12. The van der Waals surface area contributed by atoms with Crippen LogP contribution in [0.1, 0.15) is 15.9 Å². The zero-order chi connectivity index (χ0) is 23.3. The number of pyridine rings is 1. The van der Waals surface area contributed by atoms with E-state index in [2.05, 4.69) is 15.2 Å². The van der Waals surface area contributed by atoms with Crippen LogP contribution in [-0.4, -0.2) is 47.0 Å². The minimum Gasteiger partial charge on any atom is -0.378 e. The number of carbonyl (C=O) groups excluding carboxylic acids is 1. The molecule has 0 spiro atoms. The minimum atomic E-state index is -0.204. The van der Waals surface area contributed by atoms with Gasteiger partial charge in [0.15, 0.2) is 0 Å². The van der Waals surface area contributed by atoms with E-state index in [4.69, 9.17) is 21.4 Å². The Kier molecular flexibility index (Phi) is 6.56. The van der Waals surface area contributed by atoms with E-state index < -0.39 is 0 Å². The first-order valence-corrected chi connectivity index (χ1v) is 11.5. The molecule has 0 aliphatic carbocycles. The highest BCUT2D eigenvalue weighted by atomic mass is 35.5. The van der Waals surface area contributed by atoms with Crippen molar-refractivity contribution >= 4 is 23.3 Å². The third-order valence-electron chi connectivity index (χ3n) is 5.69. The van der Waals surface area contributed by atoms with Gasteiger partial charge in [0.1, 0.15) is 11.5 Å². The number of aromatic nitrogens is 3. The lowest BCUT2D eigenvalue weighted by atomic mass is 10.1. The van der Waals surface area contributed by atoms with E-state index in [1.807, 2.05) is 54.6 Å². The molecule has 2 aromatic carbocycles. The number of morpholine rings is 1. The van der Waals surface area contributed by atoms with Crippen molar-refractivity contribution in [3.05, 3.63) is 95.3 Å². The molecule has 0 bridgehead atoms. The molecule has 3 heterocycles. The van der Waals surface area contributed by atoms with E-state index in [0.29, 0.717) is 36.0 Å². The monoisotopic (exact) mass is 473 g/mol. The Labute approximate surface area is 203 Å². The third-order valence-corrected chi connectivity index (χ3v) is 5.95. The summed E-state index contributed by atoms with van der Waals surface area (Å²) in [7, 11) is 0. The maximum atomic E-state index is 13.2. The van der Waals surface area contributed by atoms with E-state index in [1.54, 1.807) is 29.2 Å². The minimum absolute atomic E-state index is 0.204. The van der Waals surface area contributed by atoms with Gasteiger partial charge in [0.2, 0.25) is 0 Å². The normalized spacial score (nSPS) is 13.6. The number of halogens is 1. The van der Waals surface area contributed by atoms with E-state index in [-0.39, 0.29) is 5.91 Å². The lowest BCUT2D eigenvalue weighted by Gasteiger charge is -2.27. The molecule has 0 radical (unpaired) electrons. The highest BCUT2D eigenvalue weighted by Gasteiger charge is 2.19. The van der Waals surface area contributed by atoms with Crippen molar-refractivity contribution in [2.24, 2.45) is 0 Å². The summed E-state index contributed by atoms with van der Waals surface area (Å²) >= 11 is 6.06. The summed E-state index contributed by atoms with van der Waals surface area (Å²) in [5, 5.41) is 8.34. The van der Waals surface area contributed by atoms with Crippen molar-refractivity contribution in [2.45, 2.75) is 6.54 Å². The predicted octanol–water partition coefficient (Wildman–Crippen LogP) is 4.35. The van der Waals surface area contributed by atoms with Gasteiger partial charge in [-0.1, -0.05) is 48.0 Å². The summed E-state index contributed by atoms with van der Waals surface area (Å²) in [5.74, 6) is 0.719. The number of amides is 1. The van der Waals surface area contributed by atoms with Crippen molar-refractivity contribution in [3.63, 3.8) is 0 Å². The highest BCUT2D eigenvalue weighted by molar-refractivity contribution is 6.30. The fraction of sp³-hybridized carbons (Fsp3) is 0.192. The number of hydrogen-bond donors (Lipinski definition) is 1. The Morgan fingerprint density at radius 1 is 1.00 bits per heavy atom. The first-order chi connectivity index (χ1) is 16.7. The number of benzene rings is 2. The molecule has 0 atom stereocenters. The van der Waals surface area contributed by atoms with E-state index in [9.17, 15) is 4.79 Å². The molecule has 0 saturated carbocycles. The van der Waals surface area contributed by atoms with Crippen LogP contribution in [0.15, 0.2) is 79.1 Å². The number of para-hydroxylation sites is 1. The molecule has 34 heavy (non-hydrogen) atoms. The lowest BCUT2D eigenvalue weighted by Crippen LogP contribution is -2.36. The number of rotatable bonds is 6. The molecular weight excluding hydrogens is 450 g/mol. The summed E-state index contributed by atoms with van der Waals surface area (Å²) in [5.41, 5.74) is 3.71. The SMILES string of the molecule is O=C(NCc1ccc(N2CCOCC2)nc1)c1cn(-c2ccccc2)nc1-c1ccc(Cl)cc1. The number of carbonyl (C=O) groups is 1. The Morgan fingerprint density at radius 2 is 1.76 bits per heavy atom. The van der Waals surface area contributed by atoms with Crippen LogP contribution in [0, 0.1) is 0 Å². The molecule has 1 fully saturated rings. The number of nitrogens with zero attached hydrogens (tertiary/aromatic N) is 4. The summed E-state index contributed by atoms with van der Waals surface area (Å²) in [6, 6.07) is 21.0. The third kappa shape index (κ3) is 4.95. The zero-order valence-electron chi connectivity index (χ0n) is 18.5. The van der Waals surface area contributed by atoms with Gasteiger partial charge in [-0.15, -0.1) is 0 Å². The second-order valence-corrected chi connectivity index (χ2v) is 8.42. The van der Waals surface area contributed by atoms with Crippen molar-refractivity contribution in [1.82, 2.24) is 20.1 Å². The topological polar surface area (TPSA) is 72.3 Å². The van der Waals surface area contributed by atoms with Crippen LogP contribution < -0.4 is 10.2 Å². The highest BCUT2D eigenvalue weighted by Crippen LogP contribution is 2.25. The van der Waals surface area contributed by atoms with Gasteiger partial charge in [0, 0.05) is 42.6 Å². The first kappa shape index (κ1) is 22.1. The Bertz CT molecular complexity index is 1250. The van der Waals surface area contributed by atoms with Gasteiger partial charge in [0.25, 0.3) is 5.91 Å². The van der Waals surface area contributed by atoms with Gasteiger partial charge in [-0.3, -0.25) is 4.79 Å². The summed E-state index contributed by atoms with van der Waals surface area (Å²) in [6.45, 7) is 3.47. The Morgan fingerprint density at radius 3 is 2.47 bits per heavy atom. The van der Waals surface area contributed by atoms with Gasteiger partial charge < -0.3 is 15.0 Å². The molecule has 1 aliphatic heterocycles. The van der Waals surface area contributed by atoms with Crippen molar-refractivity contribution in [1.29, 1.82) is 0 Å². The smallest absolute Gasteiger partial charge is 0.255 e. The van der Waals surface area contributed by atoms with Crippen LogP contribution in [0.4, 0.5) is 5.82 Å². The van der Waals surface area contributed by atoms with Gasteiger partial charge >= 0.3 is 0 Å². The van der Waals surface area contributed by atoms with Crippen LogP contribution in [0.5, 0.6) is 0 Å². The molecule has 0 unspecified atom stereocenters. The first-order valence-electron chi connectivity index (χ1n) is 11.1. The summed E-state index contributed by atoms with van der Waals surface area (Å²) in [4.78, 5) is 20.0. The van der Waals surface area contributed by atoms with Crippen molar-refractivity contribution < 1.29 is 9.53 Å². The molecule has 2 aromatic heterocycles. The van der Waals surface area contributed by atoms with Crippen molar-refractivity contribution in [2.75, 3.05) is 31.2 Å². The average molecular weight is 474 g/mol. The molecule has 1 saturated heterocycles.